The number of carbonyl (C=O) groups excluding carboxylic acids is 3. The number of rotatable bonds is 5. The molecule has 2 N–H and O–H groups in total. The maximum atomic E-state index is 12.1. The van der Waals surface area contributed by atoms with E-state index in [0.717, 1.165) is 17.6 Å². The van der Waals surface area contributed by atoms with Crippen molar-refractivity contribution in [3.05, 3.63) is 33.1 Å². The molecule has 1 amide bonds. The van der Waals surface area contributed by atoms with Crippen LogP contribution in [0.2, 0.25) is 0 Å². The fraction of sp³-hybridized carbons (Fsp3) is 0.533. The molecule has 2 heterocycles. The second kappa shape index (κ2) is 7.95. The Morgan fingerprint density at radius 3 is 2.46 bits per heavy atom. The van der Waals surface area contributed by atoms with Crippen LogP contribution in [0.25, 0.3) is 0 Å². The Labute approximate surface area is 147 Å². The molecule has 11 heteroatoms. The number of aromatic amines is 1. The fourth-order valence-electron chi connectivity index (χ4n) is 2.66. The zero-order chi connectivity index (χ0) is 19.4. The Kier molecular flexibility index (Phi) is 5.93. The molecule has 142 valence electrons. The van der Waals surface area contributed by atoms with E-state index in [4.69, 9.17) is 14.2 Å². The van der Waals surface area contributed by atoms with Crippen molar-refractivity contribution in [3.63, 3.8) is 0 Å². The summed E-state index contributed by atoms with van der Waals surface area (Å²) in [5.41, 5.74) is -1.39. The van der Waals surface area contributed by atoms with Crippen LogP contribution in [0.3, 0.4) is 0 Å². The molecule has 0 spiro atoms. The van der Waals surface area contributed by atoms with Gasteiger partial charge in [-0.05, 0) is 0 Å². The van der Waals surface area contributed by atoms with Crippen molar-refractivity contribution in [1.29, 1.82) is 0 Å². The minimum Gasteiger partial charge on any atom is -0.463 e. The second-order valence-electron chi connectivity index (χ2n) is 5.69. The topological polar surface area (TPSA) is 146 Å². The maximum absolute atomic E-state index is 12.1. The Morgan fingerprint density at radius 1 is 1.23 bits per heavy atom. The van der Waals surface area contributed by atoms with E-state index in [1.165, 1.54) is 20.0 Å². The van der Waals surface area contributed by atoms with E-state index in [9.17, 15) is 24.0 Å². The van der Waals surface area contributed by atoms with Crippen molar-refractivity contribution in [2.75, 3.05) is 6.61 Å². The van der Waals surface area contributed by atoms with Gasteiger partial charge in [-0.3, -0.25) is 28.7 Å². The number of carbonyl (C=O) groups is 3. The van der Waals surface area contributed by atoms with Gasteiger partial charge in [0.25, 0.3) is 5.56 Å². The van der Waals surface area contributed by atoms with Gasteiger partial charge >= 0.3 is 17.6 Å². The molecule has 1 saturated heterocycles. The van der Waals surface area contributed by atoms with Gasteiger partial charge < -0.3 is 19.5 Å². The molecule has 0 bridgehead atoms. The van der Waals surface area contributed by atoms with E-state index in [2.05, 4.69) is 10.3 Å². The van der Waals surface area contributed by atoms with Gasteiger partial charge in [0, 0.05) is 33.0 Å². The first-order valence-corrected chi connectivity index (χ1v) is 7.73. The third-order valence-corrected chi connectivity index (χ3v) is 3.60. The number of H-pyrrole nitrogens is 1. The van der Waals surface area contributed by atoms with Gasteiger partial charge in [-0.15, -0.1) is 0 Å². The van der Waals surface area contributed by atoms with Crippen molar-refractivity contribution in [3.8, 4) is 0 Å². The molecule has 0 aliphatic carbocycles. The van der Waals surface area contributed by atoms with Crippen molar-refractivity contribution < 1.29 is 28.6 Å². The first-order valence-electron chi connectivity index (χ1n) is 7.73. The number of nitrogens with zero attached hydrogens (tertiary/aromatic N) is 1. The van der Waals surface area contributed by atoms with Crippen molar-refractivity contribution in [2.24, 2.45) is 0 Å². The summed E-state index contributed by atoms with van der Waals surface area (Å²) in [7, 11) is 0. The monoisotopic (exact) mass is 369 g/mol. The van der Waals surface area contributed by atoms with Crippen LogP contribution in [0, 0.1) is 0 Å². The molecule has 1 aromatic rings. The highest BCUT2D eigenvalue weighted by molar-refractivity contribution is 5.73. The maximum Gasteiger partial charge on any atom is 0.330 e. The van der Waals surface area contributed by atoms with Crippen molar-refractivity contribution >= 4 is 17.8 Å². The third kappa shape index (κ3) is 4.57. The summed E-state index contributed by atoms with van der Waals surface area (Å²) in [6.07, 6.45) is -1.92. The third-order valence-electron chi connectivity index (χ3n) is 3.60. The minimum atomic E-state index is -1.14. The van der Waals surface area contributed by atoms with E-state index in [0.29, 0.717) is 0 Å². The molecule has 11 nitrogen and oxygen atoms in total. The molecule has 1 aromatic heterocycles. The molecule has 0 unspecified atom stereocenters. The molecule has 0 radical (unpaired) electrons. The van der Waals surface area contributed by atoms with Gasteiger partial charge in [0.2, 0.25) is 5.91 Å². The lowest BCUT2D eigenvalue weighted by molar-refractivity contribution is -0.154. The van der Waals surface area contributed by atoms with Crippen molar-refractivity contribution in [2.45, 2.75) is 45.2 Å². The molecule has 0 saturated carbocycles. The second-order valence-corrected chi connectivity index (χ2v) is 5.69. The van der Waals surface area contributed by atoms with Gasteiger partial charge in [0.1, 0.15) is 12.7 Å². The normalized spacial score (nSPS) is 24.7. The highest BCUT2D eigenvalue weighted by Gasteiger charge is 2.49. The van der Waals surface area contributed by atoms with Crippen LogP contribution >= 0.6 is 0 Å². The quantitative estimate of drug-likeness (QED) is 0.592. The highest BCUT2D eigenvalue weighted by Crippen LogP contribution is 2.31. The molecule has 26 heavy (non-hydrogen) atoms. The molecule has 4 atom stereocenters. The average molecular weight is 369 g/mol. The lowest BCUT2D eigenvalue weighted by Gasteiger charge is -2.24. The summed E-state index contributed by atoms with van der Waals surface area (Å²) >= 11 is 0. The zero-order valence-electron chi connectivity index (χ0n) is 14.4. The van der Waals surface area contributed by atoms with Gasteiger partial charge in [-0.1, -0.05) is 0 Å². The summed E-state index contributed by atoms with van der Waals surface area (Å²) in [4.78, 5) is 59.5. The molecule has 1 aliphatic rings. The summed E-state index contributed by atoms with van der Waals surface area (Å²) in [5, 5.41) is 2.58. The number of ether oxygens (including phenoxy) is 3. The Bertz CT molecular complexity index is 814. The largest absolute Gasteiger partial charge is 0.463 e. The van der Waals surface area contributed by atoms with Crippen LogP contribution < -0.4 is 16.6 Å². The number of aromatic nitrogens is 2. The number of nitrogens with one attached hydrogen (secondary N) is 2. The lowest BCUT2D eigenvalue weighted by atomic mass is 10.1. The summed E-state index contributed by atoms with van der Waals surface area (Å²) in [5.74, 6) is -1.66. The first-order chi connectivity index (χ1) is 12.2. The van der Waals surface area contributed by atoms with Gasteiger partial charge in [0.15, 0.2) is 12.3 Å². The molecule has 2 rings (SSSR count). The first kappa shape index (κ1) is 19.4. The SMILES string of the molecule is CC(=O)N[C@H]1[C@@H](OC(C)=O)[C@H](n2ccc(=O)[nH]c2=O)O[C@@H]1COC(C)=O. The Hall–Kier alpha value is -2.95. The van der Waals surface area contributed by atoms with Crippen LogP contribution in [0.4, 0.5) is 0 Å². The van der Waals surface area contributed by atoms with E-state index in [1.807, 2.05) is 0 Å². The van der Waals surface area contributed by atoms with Crippen LogP contribution in [-0.2, 0) is 28.6 Å². The van der Waals surface area contributed by atoms with E-state index in [-0.39, 0.29) is 6.61 Å². The molecular weight excluding hydrogens is 350 g/mol. The van der Waals surface area contributed by atoms with E-state index < -0.39 is 53.6 Å². The smallest absolute Gasteiger partial charge is 0.330 e. The van der Waals surface area contributed by atoms with E-state index in [1.54, 1.807) is 0 Å². The molecule has 1 aliphatic heterocycles. The van der Waals surface area contributed by atoms with Crippen LogP contribution in [-0.4, -0.2) is 52.3 Å². The average Bonchev–Trinajstić information content (AvgIpc) is 2.82. The molecular formula is C15H19N3O8. The van der Waals surface area contributed by atoms with Crippen LogP contribution in [0.1, 0.15) is 27.0 Å². The number of hydrogen-bond acceptors (Lipinski definition) is 8. The van der Waals surface area contributed by atoms with Gasteiger partial charge in [-0.25, -0.2) is 4.79 Å². The van der Waals surface area contributed by atoms with Gasteiger partial charge in [-0.2, -0.15) is 0 Å². The van der Waals surface area contributed by atoms with Crippen LogP contribution in [0.5, 0.6) is 0 Å². The molecule has 0 aromatic carbocycles. The zero-order valence-corrected chi connectivity index (χ0v) is 14.4. The number of hydrogen-bond donors (Lipinski definition) is 2. The summed E-state index contributed by atoms with van der Waals surface area (Å²) < 4.78 is 16.9. The van der Waals surface area contributed by atoms with Gasteiger partial charge in [0.05, 0.1) is 6.04 Å². The molecule has 1 fully saturated rings. The van der Waals surface area contributed by atoms with Crippen molar-refractivity contribution in [1.82, 2.24) is 14.9 Å². The summed E-state index contributed by atoms with van der Waals surface area (Å²) in [6, 6.07) is 0.224. The fourth-order valence-corrected chi connectivity index (χ4v) is 2.66. The number of amides is 1. The lowest BCUT2D eigenvalue weighted by Crippen LogP contribution is -2.50. The predicted molar refractivity (Wildman–Crippen MR) is 85.0 cm³/mol. The highest BCUT2D eigenvalue weighted by atomic mass is 16.6. The number of esters is 2. The summed E-state index contributed by atoms with van der Waals surface area (Å²) in [6.45, 7) is 3.40. The minimum absolute atomic E-state index is 0.230. The van der Waals surface area contributed by atoms with E-state index >= 15 is 0 Å². The standard InChI is InChI=1S/C15H19N3O8/c1-7(19)16-12-10(6-24-8(2)20)26-14(13(12)25-9(3)21)18-5-4-11(22)17-15(18)23/h4-5,10,12-14H,6H2,1-3H3,(H,16,19)(H,17,22,23)/t10-,12-,13-,14-/m1/s1. The van der Waals surface area contributed by atoms with Crippen LogP contribution in [0.15, 0.2) is 21.9 Å². The predicted octanol–water partition coefficient (Wildman–Crippen LogP) is -1.57. The Morgan fingerprint density at radius 2 is 1.92 bits per heavy atom. The Balaban J connectivity index is 2.41.